The molecule has 14 heavy (non-hydrogen) atoms. The molecule has 2 rings (SSSR count). The fourth-order valence-corrected chi connectivity index (χ4v) is 1.24. The Labute approximate surface area is 81.4 Å². The Morgan fingerprint density at radius 1 is 1.50 bits per heavy atom. The average molecular weight is 192 g/mol. The fourth-order valence-electron chi connectivity index (χ4n) is 1.24. The highest BCUT2D eigenvalue weighted by atomic mass is 15.3. The minimum atomic E-state index is 0.375. The van der Waals surface area contributed by atoms with Crippen LogP contribution >= 0.6 is 0 Å². The zero-order valence-corrected chi connectivity index (χ0v) is 7.96. The number of nitrogens with two attached hydrogens (primary N) is 1. The Balaban J connectivity index is 2.10. The van der Waals surface area contributed by atoms with Gasteiger partial charge in [0.15, 0.2) is 5.82 Å². The van der Waals surface area contributed by atoms with Crippen LogP contribution in [0.25, 0.3) is 0 Å². The van der Waals surface area contributed by atoms with Gasteiger partial charge in [-0.1, -0.05) is 0 Å². The van der Waals surface area contributed by atoms with Gasteiger partial charge in [0.2, 0.25) is 0 Å². The zero-order valence-electron chi connectivity index (χ0n) is 7.96. The second kappa shape index (κ2) is 3.59. The van der Waals surface area contributed by atoms with E-state index in [1.807, 2.05) is 19.4 Å². The summed E-state index contributed by atoms with van der Waals surface area (Å²) in [6, 6.07) is 0. The van der Waals surface area contributed by atoms with Gasteiger partial charge in [0, 0.05) is 18.8 Å². The molecule has 0 saturated heterocycles. The number of hydrogen-bond donors (Lipinski definition) is 1. The summed E-state index contributed by atoms with van der Waals surface area (Å²) in [5.41, 5.74) is 6.50. The molecule has 6 heteroatoms. The topological polar surface area (TPSA) is 74.5 Å². The van der Waals surface area contributed by atoms with E-state index in [0.29, 0.717) is 18.9 Å². The van der Waals surface area contributed by atoms with E-state index in [0.717, 1.165) is 5.56 Å². The summed E-state index contributed by atoms with van der Waals surface area (Å²) in [5.74, 6) is 0.661. The smallest absolute Gasteiger partial charge is 0.164 e. The van der Waals surface area contributed by atoms with Crippen molar-refractivity contribution in [2.45, 2.75) is 13.1 Å². The lowest BCUT2D eigenvalue weighted by Gasteiger charge is -1.95. The predicted molar refractivity (Wildman–Crippen MR) is 50.2 cm³/mol. The summed E-state index contributed by atoms with van der Waals surface area (Å²) in [5, 5.41) is 8.25. The maximum atomic E-state index is 5.41. The molecule has 6 nitrogen and oxygen atoms in total. The van der Waals surface area contributed by atoms with Gasteiger partial charge in [-0.05, 0) is 0 Å². The van der Waals surface area contributed by atoms with Crippen molar-refractivity contribution in [1.29, 1.82) is 0 Å². The van der Waals surface area contributed by atoms with Gasteiger partial charge in [-0.2, -0.15) is 10.2 Å². The number of aromatic nitrogens is 5. The lowest BCUT2D eigenvalue weighted by atomic mass is 10.4. The molecule has 2 N–H and O–H groups in total. The largest absolute Gasteiger partial charge is 0.324 e. The minimum Gasteiger partial charge on any atom is -0.324 e. The van der Waals surface area contributed by atoms with Gasteiger partial charge >= 0.3 is 0 Å². The van der Waals surface area contributed by atoms with Crippen LogP contribution in [0.4, 0.5) is 0 Å². The van der Waals surface area contributed by atoms with Crippen LogP contribution in [-0.2, 0) is 20.1 Å². The molecule has 2 aromatic heterocycles. The van der Waals surface area contributed by atoms with Crippen LogP contribution in [-0.4, -0.2) is 24.5 Å². The van der Waals surface area contributed by atoms with Crippen LogP contribution in [0.2, 0.25) is 0 Å². The molecule has 0 spiro atoms. The Kier molecular flexibility index (Phi) is 2.28. The lowest BCUT2D eigenvalue weighted by molar-refractivity contribution is 0.670. The van der Waals surface area contributed by atoms with E-state index >= 15 is 0 Å². The third kappa shape index (κ3) is 1.80. The molecular weight excluding hydrogens is 180 g/mol. The van der Waals surface area contributed by atoms with Crippen molar-refractivity contribution < 1.29 is 0 Å². The fraction of sp³-hybridized carbons (Fsp3) is 0.375. The SMILES string of the molecule is Cn1cc(Cn2cnc(CN)n2)cn1. The lowest BCUT2D eigenvalue weighted by Crippen LogP contribution is -2.03. The molecule has 0 radical (unpaired) electrons. The van der Waals surface area contributed by atoms with Crippen molar-refractivity contribution in [3.8, 4) is 0 Å². The molecule has 74 valence electrons. The van der Waals surface area contributed by atoms with Gasteiger partial charge in [-0.25, -0.2) is 9.67 Å². The van der Waals surface area contributed by atoms with Gasteiger partial charge in [-0.3, -0.25) is 4.68 Å². The zero-order chi connectivity index (χ0) is 9.97. The number of hydrogen-bond acceptors (Lipinski definition) is 4. The number of rotatable bonds is 3. The molecule has 0 aromatic carbocycles. The Bertz CT molecular complexity index is 415. The molecule has 0 saturated carbocycles. The standard InChI is InChI=1S/C8H12N6/c1-13-4-7(3-11-13)5-14-6-10-8(2-9)12-14/h3-4,6H,2,5,9H2,1H3. The van der Waals surface area contributed by atoms with Crippen molar-refractivity contribution in [2.75, 3.05) is 0 Å². The van der Waals surface area contributed by atoms with E-state index in [1.54, 1.807) is 15.7 Å². The Hall–Kier alpha value is -1.69. The molecular formula is C8H12N6. The van der Waals surface area contributed by atoms with Crippen LogP contribution in [0.15, 0.2) is 18.7 Å². The van der Waals surface area contributed by atoms with E-state index in [-0.39, 0.29) is 0 Å². The van der Waals surface area contributed by atoms with E-state index in [4.69, 9.17) is 5.73 Å². The first-order valence-corrected chi connectivity index (χ1v) is 4.34. The Morgan fingerprint density at radius 2 is 2.36 bits per heavy atom. The van der Waals surface area contributed by atoms with Crippen LogP contribution in [0.1, 0.15) is 11.4 Å². The van der Waals surface area contributed by atoms with Crippen molar-refractivity contribution in [3.05, 3.63) is 30.1 Å². The second-order valence-electron chi connectivity index (χ2n) is 3.08. The first-order chi connectivity index (χ1) is 6.78. The summed E-state index contributed by atoms with van der Waals surface area (Å²) >= 11 is 0. The van der Waals surface area contributed by atoms with Gasteiger partial charge in [-0.15, -0.1) is 0 Å². The molecule has 0 atom stereocenters. The highest BCUT2D eigenvalue weighted by Gasteiger charge is 2.00. The molecule has 0 aliphatic rings. The third-order valence-electron chi connectivity index (χ3n) is 1.87. The van der Waals surface area contributed by atoms with Crippen molar-refractivity contribution >= 4 is 0 Å². The van der Waals surface area contributed by atoms with Gasteiger partial charge in [0.25, 0.3) is 0 Å². The molecule has 0 bridgehead atoms. The van der Waals surface area contributed by atoms with Gasteiger partial charge < -0.3 is 5.73 Å². The molecule has 0 amide bonds. The molecule has 0 aliphatic heterocycles. The summed E-state index contributed by atoms with van der Waals surface area (Å²) in [6.07, 6.45) is 5.43. The monoisotopic (exact) mass is 192 g/mol. The van der Waals surface area contributed by atoms with Gasteiger partial charge in [0.1, 0.15) is 6.33 Å². The van der Waals surface area contributed by atoms with E-state index in [2.05, 4.69) is 15.2 Å². The highest BCUT2D eigenvalue weighted by molar-refractivity contribution is 5.03. The first kappa shape index (κ1) is 8.89. The maximum absolute atomic E-state index is 5.41. The van der Waals surface area contributed by atoms with Crippen LogP contribution in [0, 0.1) is 0 Å². The van der Waals surface area contributed by atoms with E-state index in [1.165, 1.54) is 0 Å². The third-order valence-corrected chi connectivity index (χ3v) is 1.87. The van der Waals surface area contributed by atoms with Crippen LogP contribution < -0.4 is 5.73 Å². The van der Waals surface area contributed by atoms with E-state index < -0.39 is 0 Å². The second-order valence-corrected chi connectivity index (χ2v) is 3.08. The molecule has 0 fully saturated rings. The summed E-state index contributed by atoms with van der Waals surface area (Å²) < 4.78 is 3.51. The van der Waals surface area contributed by atoms with E-state index in [9.17, 15) is 0 Å². The average Bonchev–Trinajstić information content (AvgIpc) is 2.76. The van der Waals surface area contributed by atoms with Crippen molar-refractivity contribution in [2.24, 2.45) is 12.8 Å². The minimum absolute atomic E-state index is 0.375. The highest BCUT2D eigenvalue weighted by Crippen LogP contribution is 1.99. The van der Waals surface area contributed by atoms with Gasteiger partial charge in [0.05, 0.1) is 19.3 Å². The normalized spacial score (nSPS) is 10.7. The number of nitrogens with zero attached hydrogens (tertiary/aromatic N) is 5. The van der Waals surface area contributed by atoms with Crippen LogP contribution in [0.5, 0.6) is 0 Å². The summed E-state index contributed by atoms with van der Waals surface area (Å²) in [7, 11) is 1.89. The maximum Gasteiger partial charge on any atom is 0.164 e. The summed E-state index contributed by atoms with van der Waals surface area (Å²) in [4.78, 5) is 4.04. The predicted octanol–water partition coefficient (Wildman–Crippen LogP) is -0.481. The molecule has 0 aliphatic carbocycles. The first-order valence-electron chi connectivity index (χ1n) is 4.34. The number of aryl methyl sites for hydroxylation is 1. The molecule has 2 heterocycles. The van der Waals surface area contributed by atoms with Crippen molar-refractivity contribution in [3.63, 3.8) is 0 Å². The van der Waals surface area contributed by atoms with Crippen molar-refractivity contribution in [1.82, 2.24) is 24.5 Å². The molecule has 0 unspecified atom stereocenters. The molecule has 2 aromatic rings. The Morgan fingerprint density at radius 3 is 2.93 bits per heavy atom. The summed E-state index contributed by atoms with van der Waals surface area (Å²) in [6.45, 7) is 1.06. The van der Waals surface area contributed by atoms with Crippen LogP contribution in [0.3, 0.4) is 0 Å². The quantitative estimate of drug-likeness (QED) is 0.712.